The fourth-order valence-electron chi connectivity index (χ4n) is 2.15. The number of carbonyl (C=O) groups excluding carboxylic acids is 3. The highest BCUT2D eigenvalue weighted by molar-refractivity contribution is 5.83. The molecule has 0 aliphatic carbocycles. The second-order valence-corrected chi connectivity index (χ2v) is 5.98. The number of amides is 1. The van der Waals surface area contributed by atoms with E-state index in [0.29, 0.717) is 0 Å². The van der Waals surface area contributed by atoms with Crippen molar-refractivity contribution in [3.63, 3.8) is 0 Å². The van der Waals surface area contributed by atoms with Crippen molar-refractivity contribution in [2.24, 2.45) is 11.8 Å². The van der Waals surface area contributed by atoms with Gasteiger partial charge in [-0.3, -0.25) is 14.4 Å². The molecule has 0 radical (unpaired) electrons. The Morgan fingerprint density at radius 2 is 1.59 bits per heavy atom. The average molecular weight is 315 g/mol. The molecule has 1 amide bonds. The zero-order chi connectivity index (χ0) is 17.4. The maximum Gasteiger partial charge on any atom is 0.303 e. The second-order valence-electron chi connectivity index (χ2n) is 5.98. The van der Waals surface area contributed by atoms with Crippen molar-refractivity contribution in [3.8, 4) is 0 Å². The van der Waals surface area contributed by atoms with Gasteiger partial charge in [0.1, 0.15) is 6.61 Å². The Morgan fingerprint density at radius 3 is 1.95 bits per heavy atom. The Kier molecular flexibility index (Phi) is 8.75. The zero-order valence-electron chi connectivity index (χ0n) is 14.7. The van der Waals surface area contributed by atoms with E-state index in [1.54, 1.807) is 7.05 Å². The minimum absolute atomic E-state index is 0.134. The minimum atomic E-state index is -0.827. The molecule has 1 unspecified atom stereocenters. The number of hydrogen-bond donors (Lipinski definition) is 0. The summed E-state index contributed by atoms with van der Waals surface area (Å²) in [5, 5.41) is 0. The van der Waals surface area contributed by atoms with Gasteiger partial charge in [0.05, 0.1) is 6.04 Å². The maximum absolute atomic E-state index is 12.6. The Labute approximate surface area is 133 Å². The molecule has 0 aliphatic heterocycles. The van der Waals surface area contributed by atoms with Crippen LogP contribution in [-0.4, -0.2) is 48.5 Å². The molecule has 0 saturated carbocycles. The summed E-state index contributed by atoms with van der Waals surface area (Å²) in [7, 11) is 1.65. The number of esters is 2. The van der Waals surface area contributed by atoms with Gasteiger partial charge in [-0.15, -0.1) is 0 Å². The van der Waals surface area contributed by atoms with E-state index >= 15 is 0 Å². The van der Waals surface area contributed by atoms with Gasteiger partial charge >= 0.3 is 11.9 Å². The van der Waals surface area contributed by atoms with Gasteiger partial charge in [0, 0.05) is 20.9 Å². The van der Waals surface area contributed by atoms with E-state index in [0.717, 1.165) is 6.42 Å². The van der Waals surface area contributed by atoms with Gasteiger partial charge in [0.15, 0.2) is 6.10 Å². The molecule has 0 aromatic heterocycles. The van der Waals surface area contributed by atoms with Crippen LogP contribution in [0.2, 0.25) is 0 Å². The second kappa shape index (κ2) is 9.43. The zero-order valence-corrected chi connectivity index (χ0v) is 14.7. The van der Waals surface area contributed by atoms with Gasteiger partial charge in [-0.1, -0.05) is 34.1 Å². The molecule has 0 N–H and O–H groups in total. The Bertz CT molecular complexity index is 394. The predicted molar refractivity (Wildman–Crippen MR) is 83.0 cm³/mol. The van der Waals surface area contributed by atoms with Crippen LogP contribution in [0.4, 0.5) is 0 Å². The topological polar surface area (TPSA) is 72.9 Å². The molecule has 3 atom stereocenters. The van der Waals surface area contributed by atoms with Crippen LogP contribution in [-0.2, 0) is 23.9 Å². The van der Waals surface area contributed by atoms with E-state index in [9.17, 15) is 14.4 Å². The highest BCUT2D eigenvalue weighted by atomic mass is 16.5. The van der Waals surface area contributed by atoms with Crippen LogP contribution in [0.25, 0.3) is 0 Å². The highest BCUT2D eigenvalue weighted by Gasteiger charge is 2.33. The van der Waals surface area contributed by atoms with Gasteiger partial charge in [-0.25, -0.2) is 0 Å². The fraction of sp³-hybridized carbons (Fsp3) is 0.812. The van der Waals surface area contributed by atoms with Crippen LogP contribution in [0, 0.1) is 11.8 Å². The molecule has 0 aliphatic rings. The molecule has 128 valence electrons. The summed E-state index contributed by atoms with van der Waals surface area (Å²) in [5.41, 5.74) is 0. The molecule has 6 heteroatoms. The number of nitrogens with zero attached hydrogens (tertiary/aromatic N) is 1. The van der Waals surface area contributed by atoms with E-state index in [1.165, 1.54) is 18.7 Å². The number of carbonyl (C=O) groups is 3. The summed E-state index contributed by atoms with van der Waals surface area (Å²) in [6.07, 6.45) is 0.00935. The molecule has 6 nitrogen and oxygen atoms in total. The van der Waals surface area contributed by atoms with Crippen LogP contribution in [0.1, 0.15) is 48.0 Å². The third-order valence-electron chi connectivity index (χ3n) is 3.75. The molecule has 0 saturated heterocycles. The lowest BCUT2D eigenvalue weighted by Crippen LogP contribution is -2.50. The van der Waals surface area contributed by atoms with Crippen molar-refractivity contribution in [1.29, 1.82) is 0 Å². The first-order valence-electron chi connectivity index (χ1n) is 7.69. The summed E-state index contributed by atoms with van der Waals surface area (Å²) in [5.74, 6) is -1.12. The molecule has 0 rings (SSSR count). The van der Waals surface area contributed by atoms with E-state index in [1.807, 2.05) is 27.7 Å². The summed E-state index contributed by atoms with van der Waals surface area (Å²) < 4.78 is 10.2. The molecular weight excluding hydrogens is 286 g/mol. The Morgan fingerprint density at radius 1 is 1.05 bits per heavy atom. The molecule has 0 aromatic rings. The first-order valence-corrected chi connectivity index (χ1v) is 7.69. The monoisotopic (exact) mass is 315 g/mol. The normalized spacial score (nSPS) is 14.9. The lowest BCUT2D eigenvalue weighted by atomic mass is 9.97. The van der Waals surface area contributed by atoms with Crippen LogP contribution in [0.15, 0.2) is 0 Å². The lowest BCUT2D eigenvalue weighted by molar-refractivity contribution is -0.164. The van der Waals surface area contributed by atoms with Crippen LogP contribution in [0.5, 0.6) is 0 Å². The van der Waals surface area contributed by atoms with E-state index in [2.05, 4.69) is 0 Å². The average Bonchev–Trinajstić information content (AvgIpc) is 2.42. The van der Waals surface area contributed by atoms with Gasteiger partial charge < -0.3 is 14.4 Å². The van der Waals surface area contributed by atoms with E-state index < -0.39 is 12.1 Å². The molecule has 0 bridgehead atoms. The van der Waals surface area contributed by atoms with Crippen molar-refractivity contribution in [2.75, 3.05) is 13.7 Å². The fourth-order valence-corrected chi connectivity index (χ4v) is 2.15. The van der Waals surface area contributed by atoms with Gasteiger partial charge in [-0.05, 0) is 11.8 Å². The summed E-state index contributed by atoms with van der Waals surface area (Å²) in [6, 6.07) is -0.252. The van der Waals surface area contributed by atoms with Crippen LogP contribution < -0.4 is 0 Å². The van der Waals surface area contributed by atoms with E-state index in [-0.39, 0.29) is 36.4 Å². The summed E-state index contributed by atoms with van der Waals surface area (Å²) in [6.45, 7) is 10.4. The quantitative estimate of drug-likeness (QED) is 0.641. The van der Waals surface area contributed by atoms with Crippen LogP contribution >= 0.6 is 0 Å². The smallest absolute Gasteiger partial charge is 0.303 e. The van der Waals surface area contributed by atoms with Crippen molar-refractivity contribution in [2.45, 2.75) is 60.1 Å². The molecule has 0 heterocycles. The molecule has 0 spiro atoms. The SMILES string of the molecule is CCC(C)[C@@H](COC(C)=O)N(C)C(=O)[C@H](OC(C)=O)C(C)C. The summed E-state index contributed by atoms with van der Waals surface area (Å²) >= 11 is 0. The predicted octanol–water partition coefficient (Wildman–Crippen LogP) is 2.01. The standard InChI is InChI=1S/C16H29NO5/c1-8-11(4)14(9-21-12(5)18)17(7)16(20)15(10(2)3)22-13(6)19/h10-11,14-15H,8-9H2,1-7H3/t11?,14-,15-/m1/s1. The Balaban J connectivity index is 5.15. The highest BCUT2D eigenvalue weighted by Crippen LogP contribution is 2.18. The molecule has 22 heavy (non-hydrogen) atoms. The van der Waals surface area contributed by atoms with Crippen molar-refractivity contribution < 1.29 is 23.9 Å². The number of rotatable bonds is 8. The van der Waals surface area contributed by atoms with Crippen LogP contribution in [0.3, 0.4) is 0 Å². The number of hydrogen-bond acceptors (Lipinski definition) is 5. The number of ether oxygens (including phenoxy) is 2. The van der Waals surface area contributed by atoms with Crippen molar-refractivity contribution >= 4 is 17.8 Å². The maximum atomic E-state index is 12.6. The lowest BCUT2D eigenvalue weighted by Gasteiger charge is -2.34. The molecule has 0 aromatic carbocycles. The first-order chi connectivity index (χ1) is 10.1. The third kappa shape index (κ3) is 6.45. The van der Waals surface area contributed by atoms with Gasteiger partial charge in [-0.2, -0.15) is 0 Å². The largest absolute Gasteiger partial charge is 0.464 e. The molecule has 0 fully saturated rings. The number of likely N-dealkylation sites (N-methyl/N-ethyl adjacent to an activating group) is 1. The Hall–Kier alpha value is -1.59. The first kappa shape index (κ1) is 20.4. The van der Waals surface area contributed by atoms with Crippen molar-refractivity contribution in [1.82, 2.24) is 4.90 Å². The van der Waals surface area contributed by atoms with Crippen molar-refractivity contribution in [3.05, 3.63) is 0 Å². The summed E-state index contributed by atoms with van der Waals surface area (Å²) in [4.78, 5) is 36.4. The third-order valence-corrected chi connectivity index (χ3v) is 3.75. The van der Waals surface area contributed by atoms with E-state index in [4.69, 9.17) is 9.47 Å². The van der Waals surface area contributed by atoms with Gasteiger partial charge in [0.25, 0.3) is 5.91 Å². The minimum Gasteiger partial charge on any atom is -0.464 e. The van der Waals surface area contributed by atoms with Gasteiger partial charge in [0.2, 0.25) is 0 Å². The molecular formula is C16H29NO5.